The minimum atomic E-state index is -4.87. The number of aromatic nitrogens is 3. The largest absolute Gasteiger partial charge is 0.476 e. The van der Waals surface area contributed by atoms with Crippen LogP contribution in [0.4, 0.5) is 13.2 Å². The Balaban J connectivity index is 2.72. The van der Waals surface area contributed by atoms with Gasteiger partial charge in [-0.3, -0.25) is 0 Å². The SMILES string of the molecule is Cc1ccc(-n2nnc(C(=O)O)c2C(F)(F)F)c(C)c1. The third-order valence-corrected chi connectivity index (χ3v) is 2.72. The first-order valence-corrected chi connectivity index (χ1v) is 5.55. The molecule has 0 aliphatic heterocycles. The van der Waals surface area contributed by atoms with Crippen LogP contribution in [0, 0.1) is 13.8 Å². The van der Waals surface area contributed by atoms with Gasteiger partial charge in [0.25, 0.3) is 0 Å². The fourth-order valence-corrected chi connectivity index (χ4v) is 1.89. The molecule has 0 fully saturated rings. The van der Waals surface area contributed by atoms with E-state index >= 15 is 0 Å². The van der Waals surface area contributed by atoms with Gasteiger partial charge in [0.2, 0.25) is 5.69 Å². The molecular formula is C12H10F3N3O2. The van der Waals surface area contributed by atoms with E-state index in [1.165, 1.54) is 6.07 Å². The van der Waals surface area contributed by atoms with E-state index in [1.807, 2.05) is 0 Å². The molecule has 0 bridgehead atoms. The Morgan fingerprint density at radius 2 is 1.95 bits per heavy atom. The summed E-state index contributed by atoms with van der Waals surface area (Å²) >= 11 is 0. The first-order chi connectivity index (χ1) is 9.21. The molecule has 0 unspecified atom stereocenters. The van der Waals surface area contributed by atoms with E-state index in [0.29, 0.717) is 10.2 Å². The molecule has 1 aromatic heterocycles. The van der Waals surface area contributed by atoms with Crippen molar-refractivity contribution in [3.05, 3.63) is 40.7 Å². The van der Waals surface area contributed by atoms with Crippen LogP contribution in [0.2, 0.25) is 0 Å². The third kappa shape index (κ3) is 2.36. The van der Waals surface area contributed by atoms with Gasteiger partial charge in [0.05, 0.1) is 5.69 Å². The van der Waals surface area contributed by atoms with Gasteiger partial charge in [-0.1, -0.05) is 22.9 Å². The van der Waals surface area contributed by atoms with Gasteiger partial charge in [0, 0.05) is 0 Å². The van der Waals surface area contributed by atoms with E-state index in [-0.39, 0.29) is 5.69 Å². The van der Waals surface area contributed by atoms with Crippen LogP contribution in [-0.2, 0) is 6.18 Å². The van der Waals surface area contributed by atoms with Crippen molar-refractivity contribution in [2.45, 2.75) is 20.0 Å². The topological polar surface area (TPSA) is 68.0 Å². The monoisotopic (exact) mass is 285 g/mol. The number of aryl methyl sites for hydroxylation is 2. The van der Waals surface area contributed by atoms with Gasteiger partial charge in [-0.05, 0) is 25.5 Å². The van der Waals surface area contributed by atoms with Crippen LogP contribution >= 0.6 is 0 Å². The molecule has 1 aromatic carbocycles. The molecule has 0 saturated carbocycles. The van der Waals surface area contributed by atoms with E-state index < -0.39 is 23.5 Å². The summed E-state index contributed by atoms with van der Waals surface area (Å²) in [4.78, 5) is 10.8. The smallest absolute Gasteiger partial charge is 0.436 e. The number of carbonyl (C=O) groups is 1. The molecule has 0 aliphatic rings. The molecule has 0 aliphatic carbocycles. The Hall–Kier alpha value is -2.38. The maximum atomic E-state index is 13.0. The summed E-state index contributed by atoms with van der Waals surface area (Å²) in [5.74, 6) is -1.77. The second-order valence-corrected chi connectivity index (χ2v) is 4.29. The average molecular weight is 285 g/mol. The number of alkyl halides is 3. The first kappa shape index (κ1) is 14.0. The van der Waals surface area contributed by atoms with Crippen LogP contribution in [0.15, 0.2) is 18.2 Å². The standard InChI is InChI=1S/C12H10F3N3O2/c1-6-3-4-8(7(2)5-6)18-10(12(13,14)15)9(11(19)20)16-17-18/h3-5H,1-2H3,(H,19,20). The molecule has 0 spiro atoms. The van der Waals surface area contributed by atoms with E-state index in [9.17, 15) is 18.0 Å². The molecular weight excluding hydrogens is 275 g/mol. The minimum absolute atomic E-state index is 0.142. The average Bonchev–Trinajstić information content (AvgIpc) is 2.73. The van der Waals surface area contributed by atoms with Crippen molar-refractivity contribution in [3.8, 4) is 5.69 Å². The maximum absolute atomic E-state index is 13.0. The number of rotatable bonds is 2. The van der Waals surface area contributed by atoms with Crippen molar-refractivity contribution < 1.29 is 23.1 Å². The van der Waals surface area contributed by atoms with Crippen molar-refractivity contribution in [1.29, 1.82) is 0 Å². The van der Waals surface area contributed by atoms with Crippen molar-refractivity contribution >= 4 is 5.97 Å². The predicted octanol–water partition coefficient (Wildman–Crippen LogP) is 2.60. The molecule has 20 heavy (non-hydrogen) atoms. The van der Waals surface area contributed by atoms with Gasteiger partial charge in [0.1, 0.15) is 0 Å². The van der Waals surface area contributed by atoms with Crippen molar-refractivity contribution in [1.82, 2.24) is 15.0 Å². The molecule has 2 aromatic rings. The second kappa shape index (κ2) is 4.62. The highest BCUT2D eigenvalue weighted by Crippen LogP contribution is 2.33. The zero-order valence-corrected chi connectivity index (χ0v) is 10.6. The summed E-state index contributed by atoms with van der Waals surface area (Å²) in [6, 6.07) is 4.74. The number of hydrogen-bond acceptors (Lipinski definition) is 3. The van der Waals surface area contributed by atoms with Gasteiger partial charge >= 0.3 is 12.1 Å². The van der Waals surface area contributed by atoms with Gasteiger partial charge in [0.15, 0.2) is 5.69 Å². The molecule has 106 valence electrons. The Morgan fingerprint density at radius 3 is 2.45 bits per heavy atom. The van der Waals surface area contributed by atoms with Crippen LogP contribution < -0.4 is 0 Å². The molecule has 5 nitrogen and oxygen atoms in total. The van der Waals surface area contributed by atoms with Crippen LogP contribution in [-0.4, -0.2) is 26.1 Å². The number of nitrogens with zero attached hydrogens (tertiary/aromatic N) is 3. The van der Waals surface area contributed by atoms with Crippen molar-refractivity contribution in [2.75, 3.05) is 0 Å². The molecule has 1 N–H and O–H groups in total. The van der Waals surface area contributed by atoms with E-state index in [2.05, 4.69) is 10.3 Å². The zero-order valence-electron chi connectivity index (χ0n) is 10.6. The number of aromatic carboxylic acids is 1. The number of carboxylic acids is 1. The molecule has 0 atom stereocenters. The lowest BCUT2D eigenvalue weighted by molar-refractivity contribution is -0.143. The summed E-state index contributed by atoms with van der Waals surface area (Å²) in [5, 5.41) is 15.2. The van der Waals surface area contributed by atoms with Crippen molar-refractivity contribution in [2.24, 2.45) is 0 Å². The quantitative estimate of drug-likeness (QED) is 0.921. The Bertz CT molecular complexity index is 677. The highest BCUT2D eigenvalue weighted by Gasteiger charge is 2.42. The molecule has 0 saturated heterocycles. The van der Waals surface area contributed by atoms with Gasteiger partial charge in [-0.2, -0.15) is 13.2 Å². The first-order valence-electron chi connectivity index (χ1n) is 5.55. The number of benzene rings is 1. The van der Waals surface area contributed by atoms with Crippen LogP contribution in [0.1, 0.15) is 27.3 Å². The molecule has 2 rings (SSSR count). The molecule has 8 heteroatoms. The van der Waals surface area contributed by atoms with Gasteiger partial charge in [-0.15, -0.1) is 5.10 Å². The maximum Gasteiger partial charge on any atom is 0.436 e. The Labute approximate surface area is 111 Å². The van der Waals surface area contributed by atoms with Gasteiger partial charge in [-0.25, -0.2) is 9.48 Å². The highest BCUT2D eigenvalue weighted by atomic mass is 19.4. The molecule has 0 radical (unpaired) electrons. The zero-order chi connectivity index (χ0) is 15.1. The van der Waals surface area contributed by atoms with E-state index in [1.54, 1.807) is 26.0 Å². The van der Waals surface area contributed by atoms with Crippen LogP contribution in [0.3, 0.4) is 0 Å². The second-order valence-electron chi connectivity index (χ2n) is 4.29. The number of carboxylic acid groups (broad SMARTS) is 1. The number of halogens is 3. The summed E-state index contributed by atoms with van der Waals surface area (Å²) in [6.07, 6.45) is -4.87. The minimum Gasteiger partial charge on any atom is -0.476 e. The van der Waals surface area contributed by atoms with E-state index in [0.717, 1.165) is 5.56 Å². The number of hydrogen-bond donors (Lipinski definition) is 1. The fourth-order valence-electron chi connectivity index (χ4n) is 1.89. The van der Waals surface area contributed by atoms with Crippen LogP contribution in [0.25, 0.3) is 5.69 Å². The Morgan fingerprint density at radius 1 is 1.30 bits per heavy atom. The summed E-state index contributed by atoms with van der Waals surface area (Å²) in [5.41, 5.74) is -0.951. The predicted molar refractivity (Wildman–Crippen MR) is 62.8 cm³/mol. The lowest BCUT2D eigenvalue weighted by Gasteiger charge is -2.12. The molecule has 0 amide bonds. The molecule has 1 heterocycles. The lowest BCUT2D eigenvalue weighted by atomic mass is 10.1. The highest BCUT2D eigenvalue weighted by molar-refractivity contribution is 5.86. The third-order valence-electron chi connectivity index (χ3n) is 2.72. The van der Waals surface area contributed by atoms with E-state index in [4.69, 9.17) is 5.11 Å². The van der Waals surface area contributed by atoms with Gasteiger partial charge < -0.3 is 5.11 Å². The summed E-state index contributed by atoms with van der Waals surface area (Å²) < 4.78 is 39.6. The summed E-state index contributed by atoms with van der Waals surface area (Å²) in [7, 11) is 0. The van der Waals surface area contributed by atoms with Crippen molar-refractivity contribution in [3.63, 3.8) is 0 Å². The fraction of sp³-hybridized carbons (Fsp3) is 0.250. The summed E-state index contributed by atoms with van der Waals surface area (Å²) in [6.45, 7) is 3.41. The van der Waals surface area contributed by atoms with Crippen LogP contribution in [0.5, 0.6) is 0 Å². The normalized spacial score (nSPS) is 11.7. The Kier molecular flexibility index (Phi) is 3.24. The lowest BCUT2D eigenvalue weighted by Crippen LogP contribution is -2.18.